The Hall–Kier alpha value is -2.26. The van der Waals surface area contributed by atoms with E-state index in [1.165, 1.54) is 6.20 Å². The summed E-state index contributed by atoms with van der Waals surface area (Å²) >= 11 is 0. The van der Waals surface area contributed by atoms with Gasteiger partial charge in [0.2, 0.25) is 11.8 Å². The largest absolute Gasteiger partial charge is 0.392 e. The van der Waals surface area contributed by atoms with E-state index in [0.717, 1.165) is 12.6 Å². The van der Waals surface area contributed by atoms with Crippen LogP contribution in [0.4, 0.5) is 22.0 Å². The highest BCUT2D eigenvalue weighted by atomic mass is 19.4. The summed E-state index contributed by atoms with van der Waals surface area (Å²) in [7, 11) is 0. The van der Waals surface area contributed by atoms with Gasteiger partial charge in [-0.25, -0.2) is 18.3 Å². The third kappa shape index (κ3) is 5.66. The van der Waals surface area contributed by atoms with Gasteiger partial charge in [-0.05, 0) is 43.7 Å². The highest BCUT2D eigenvalue weighted by Gasteiger charge is 2.37. The van der Waals surface area contributed by atoms with Gasteiger partial charge in [-0.3, -0.25) is 4.79 Å². The number of hydrogen-bond acceptors (Lipinski definition) is 3. The van der Waals surface area contributed by atoms with E-state index in [9.17, 15) is 26.7 Å². The molecule has 166 valence electrons. The molecule has 1 unspecified atom stereocenters. The van der Waals surface area contributed by atoms with Gasteiger partial charge in [-0.1, -0.05) is 6.92 Å². The molecule has 1 aliphatic rings. The number of halogens is 5. The topological polar surface area (TPSA) is 59.3 Å². The van der Waals surface area contributed by atoms with E-state index in [4.69, 9.17) is 0 Å². The number of carbonyl (C=O) groups is 1. The quantitative estimate of drug-likeness (QED) is 0.663. The molecule has 1 saturated carbocycles. The van der Waals surface area contributed by atoms with Crippen LogP contribution in [0.5, 0.6) is 0 Å². The number of amides is 1. The molecule has 5 nitrogen and oxygen atoms in total. The summed E-state index contributed by atoms with van der Waals surface area (Å²) in [6, 6.07) is 1.18. The summed E-state index contributed by atoms with van der Waals surface area (Å²) in [6.07, 6.45) is -0.472. The van der Waals surface area contributed by atoms with Crippen LogP contribution in [-0.2, 0) is 11.2 Å². The zero-order chi connectivity index (χ0) is 22.1. The van der Waals surface area contributed by atoms with Crippen molar-refractivity contribution >= 4 is 11.6 Å². The van der Waals surface area contributed by atoms with Gasteiger partial charge in [-0.2, -0.15) is 18.3 Å². The molecule has 10 heteroatoms. The summed E-state index contributed by atoms with van der Waals surface area (Å²) in [5.74, 6) is -4.82. The molecule has 2 aromatic rings. The van der Waals surface area contributed by atoms with Crippen LogP contribution in [0.2, 0.25) is 0 Å². The first-order valence-corrected chi connectivity index (χ1v) is 10.0. The molecule has 0 spiro atoms. The Bertz CT molecular complexity index is 885. The zero-order valence-corrected chi connectivity index (χ0v) is 16.8. The molecule has 30 heavy (non-hydrogen) atoms. The number of alkyl halides is 5. The van der Waals surface area contributed by atoms with Crippen LogP contribution in [0.25, 0.3) is 5.65 Å². The van der Waals surface area contributed by atoms with Gasteiger partial charge in [0.25, 0.3) is 0 Å². The molecule has 0 saturated heterocycles. The van der Waals surface area contributed by atoms with Gasteiger partial charge in [0, 0.05) is 19.3 Å². The third-order valence-corrected chi connectivity index (χ3v) is 5.65. The van der Waals surface area contributed by atoms with E-state index < -0.39 is 36.4 Å². The fraction of sp³-hybridized carbons (Fsp3) is 0.650. The predicted molar refractivity (Wildman–Crippen MR) is 100.0 cm³/mol. The number of carbonyl (C=O) groups excluding carboxylic acids is 1. The number of nitrogens with one attached hydrogen (secondary N) is 1. The average Bonchev–Trinajstić information content (AvgIpc) is 3.04. The maximum Gasteiger partial charge on any atom is 0.392 e. The van der Waals surface area contributed by atoms with Crippen LogP contribution in [-0.4, -0.2) is 32.6 Å². The molecule has 1 aliphatic carbocycles. The molecule has 2 atom stereocenters. The molecule has 0 bridgehead atoms. The van der Waals surface area contributed by atoms with Gasteiger partial charge in [0.1, 0.15) is 0 Å². The van der Waals surface area contributed by atoms with Crippen LogP contribution in [0.3, 0.4) is 0 Å². The number of imidazole rings is 1. The van der Waals surface area contributed by atoms with Gasteiger partial charge >= 0.3 is 6.18 Å². The van der Waals surface area contributed by atoms with Crippen molar-refractivity contribution in [3.05, 3.63) is 29.7 Å². The fourth-order valence-corrected chi connectivity index (χ4v) is 3.65. The minimum Gasteiger partial charge on any atom is -0.350 e. The second-order valence-corrected chi connectivity index (χ2v) is 8.26. The van der Waals surface area contributed by atoms with Crippen LogP contribution < -0.4 is 5.32 Å². The lowest BCUT2D eigenvalue weighted by molar-refractivity contribution is -0.174. The Morgan fingerprint density at radius 2 is 1.97 bits per heavy atom. The lowest BCUT2D eigenvalue weighted by Gasteiger charge is -2.27. The van der Waals surface area contributed by atoms with E-state index >= 15 is 0 Å². The Morgan fingerprint density at radius 1 is 1.30 bits per heavy atom. The smallest absolute Gasteiger partial charge is 0.350 e. The van der Waals surface area contributed by atoms with Crippen molar-refractivity contribution in [1.29, 1.82) is 0 Å². The summed E-state index contributed by atoms with van der Waals surface area (Å²) in [4.78, 5) is 16.4. The first kappa shape index (κ1) is 22.4. The number of aromatic nitrogens is 3. The molecule has 2 heterocycles. The molecule has 0 radical (unpaired) electrons. The number of rotatable bonds is 6. The van der Waals surface area contributed by atoms with Crippen LogP contribution >= 0.6 is 0 Å². The molecule has 3 rings (SSSR count). The van der Waals surface area contributed by atoms with E-state index in [1.54, 1.807) is 23.7 Å². The average molecular weight is 432 g/mol. The molecular weight excluding hydrogens is 407 g/mol. The molecule has 1 N–H and O–H groups in total. The van der Waals surface area contributed by atoms with E-state index in [-0.39, 0.29) is 18.8 Å². The van der Waals surface area contributed by atoms with Crippen molar-refractivity contribution in [2.45, 2.75) is 70.5 Å². The zero-order valence-electron chi connectivity index (χ0n) is 16.8. The minimum atomic E-state index is -4.42. The second-order valence-electron chi connectivity index (χ2n) is 8.26. The van der Waals surface area contributed by atoms with Gasteiger partial charge in [-0.15, -0.1) is 0 Å². The predicted octanol–water partition coefficient (Wildman–Crippen LogP) is 4.86. The standard InChI is InChI=1S/C20H25F5N4O/c1-12(20(23,24)25)7-18(30)27-13(2)15-9-17-28-16(11-29(17)26-10-15)8-14-3-5-19(21,22)6-4-14/h9-14H,3-8H2,1-2H3,(H,27,30)/t12?,13-/m1/s1. The lowest BCUT2D eigenvalue weighted by atomic mass is 9.84. The fourth-order valence-electron chi connectivity index (χ4n) is 3.65. The van der Waals surface area contributed by atoms with Crippen molar-refractivity contribution in [3.63, 3.8) is 0 Å². The number of fused-ring (bicyclic) bond motifs is 1. The number of nitrogens with zero attached hydrogens (tertiary/aromatic N) is 3. The molecule has 0 aromatic carbocycles. The van der Waals surface area contributed by atoms with Crippen molar-refractivity contribution in [2.75, 3.05) is 0 Å². The van der Waals surface area contributed by atoms with Crippen molar-refractivity contribution in [2.24, 2.45) is 11.8 Å². The van der Waals surface area contributed by atoms with Crippen molar-refractivity contribution in [3.8, 4) is 0 Å². The second kappa shape index (κ2) is 8.47. The monoisotopic (exact) mass is 432 g/mol. The molecular formula is C20H25F5N4O. The first-order valence-electron chi connectivity index (χ1n) is 10.0. The summed E-state index contributed by atoms with van der Waals surface area (Å²) in [5, 5.41) is 6.81. The van der Waals surface area contributed by atoms with Gasteiger partial charge in [0.05, 0.1) is 30.0 Å². The van der Waals surface area contributed by atoms with Gasteiger partial charge in [0.15, 0.2) is 5.65 Å². The van der Waals surface area contributed by atoms with Crippen LogP contribution in [0.15, 0.2) is 18.5 Å². The SMILES string of the molecule is CC(CC(=O)N[C@H](C)c1cnn2cc(CC3CCC(F)(F)CC3)nc2c1)C(F)(F)F. The maximum absolute atomic E-state index is 13.3. The molecule has 0 aliphatic heterocycles. The minimum absolute atomic E-state index is 0.0996. The first-order chi connectivity index (χ1) is 13.9. The Kier molecular flexibility index (Phi) is 6.33. The summed E-state index contributed by atoms with van der Waals surface area (Å²) in [5.41, 5.74) is 1.91. The van der Waals surface area contributed by atoms with E-state index in [2.05, 4.69) is 15.4 Å². The van der Waals surface area contributed by atoms with Crippen molar-refractivity contribution in [1.82, 2.24) is 19.9 Å². The van der Waals surface area contributed by atoms with E-state index in [1.807, 2.05) is 0 Å². The van der Waals surface area contributed by atoms with E-state index in [0.29, 0.717) is 30.5 Å². The lowest BCUT2D eigenvalue weighted by Crippen LogP contribution is -2.31. The summed E-state index contributed by atoms with van der Waals surface area (Å²) < 4.78 is 66.0. The third-order valence-electron chi connectivity index (χ3n) is 5.65. The Balaban J connectivity index is 1.62. The molecule has 1 amide bonds. The van der Waals surface area contributed by atoms with Gasteiger partial charge < -0.3 is 5.32 Å². The maximum atomic E-state index is 13.3. The Labute approximate surface area is 171 Å². The normalized spacial score (nSPS) is 19.6. The molecule has 1 fully saturated rings. The van der Waals surface area contributed by atoms with Crippen molar-refractivity contribution < 1.29 is 26.7 Å². The van der Waals surface area contributed by atoms with Crippen LogP contribution in [0.1, 0.15) is 63.3 Å². The Morgan fingerprint density at radius 3 is 2.60 bits per heavy atom. The molecule has 2 aromatic heterocycles. The highest BCUT2D eigenvalue weighted by molar-refractivity contribution is 5.76. The summed E-state index contributed by atoms with van der Waals surface area (Å²) in [6.45, 7) is 2.63. The van der Waals surface area contributed by atoms with Crippen LogP contribution in [0, 0.1) is 11.8 Å². The number of hydrogen-bond donors (Lipinski definition) is 1. The highest BCUT2D eigenvalue weighted by Crippen LogP contribution is 2.37.